The average molecular weight is 393 g/mol. The monoisotopic (exact) mass is 393 g/mol. The van der Waals surface area contributed by atoms with Crippen molar-refractivity contribution < 1.29 is 19.4 Å². The second kappa shape index (κ2) is 12.2. The highest BCUT2D eigenvalue weighted by Gasteiger charge is 2.01. The van der Waals surface area contributed by atoms with Crippen LogP contribution in [0.25, 0.3) is 11.1 Å². The van der Waals surface area contributed by atoms with Crippen molar-refractivity contribution in [2.45, 2.75) is 19.8 Å². The fraction of sp³-hybridized carbons (Fsp3) is 0.208. The first-order valence-electron chi connectivity index (χ1n) is 9.60. The molecule has 0 bridgehead atoms. The second-order valence-electron chi connectivity index (χ2n) is 6.24. The summed E-state index contributed by atoms with van der Waals surface area (Å²) in [7, 11) is 0. The highest BCUT2D eigenvalue weighted by molar-refractivity contribution is 5.66. The Morgan fingerprint density at radius 3 is 1.83 bits per heavy atom. The number of hydrogen-bond donors (Lipinski definition) is 2. The molecule has 0 aliphatic heterocycles. The Balaban J connectivity index is 0.000000438. The molecule has 3 aromatic rings. The van der Waals surface area contributed by atoms with E-state index >= 15 is 0 Å². The predicted octanol–water partition coefficient (Wildman–Crippen LogP) is 5.35. The van der Waals surface area contributed by atoms with Gasteiger partial charge in [0.25, 0.3) is 0 Å². The number of rotatable bonds is 8. The van der Waals surface area contributed by atoms with Gasteiger partial charge < -0.3 is 20.3 Å². The molecule has 5 nitrogen and oxygen atoms in total. The van der Waals surface area contributed by atoms with Crippen LogP contribution in [0.3, 0.4) is 0 Å². The lowest BCUT2D eigenvalue weighted by Gasteiger charge is -2.09. The third-order valence-electron chi connectivity index (χ3n) is 3.85. The molecule has 152 valence electrons. The molecule has 3 aromatic carbocycles. The summed E-state index contributed by atoms with van der Waals surface area (Å²) < 4.78 is 11.4. The fourth-order valence-corrected chi connectivity index (χ4v) is 2.43. The summed E-state index contributed by atoms with van der Waals surface area (Å²) in [5, 5.41) is 7.83. The maximum atomic E-state index is 9.52. The Hall–Kier alpha value is -3.31. The summed E-state index contributed by atoms with van der Waals surface area (Å²) in [6.07, 6.45) is 1.08. The van der Waals surface area contributed by atoms with Crippen LogP contribution in [0.1, 0.15) is 19.8 Å². The van der Waals surface area contributed by atoms with Crippen LogP contribution in [-0.4, -0.2) is 24.2 Å². The zero-order chi connectivity index (χ0) is 20.9. The van der Waals surface area contributed by atoms with E-state index in [1.807, 2.05) is 54.6 Å². The van der Waals surface area contributed by atoms with Crippen LogP contribution >= 0.6 is 0 Å². The molecule has 0 atom stereocenters. The smallest absolute Gasteiger partial charge is 0.304 e. The van der Waals surface area contributed by atoms with Gasteiger partial charge in [-0.05, 0) is 53.9 Å². The van der Waals surface area contributed by atoms with Crippen molar-refractivity contribution in [3.63, 3.8) is 0 Å². The largest absolute Gasteiger partial charge is 0.494 e. The predicted molar refractivity (Wildman–Crippen MR) is 115 cm³/mol. The molecule has 0 spiro atoms. The maximum absolute atomic E-state index is 9.52. The quantitative estimate of drug-likeness (QED) is 0.539. The van der Waals surface area contributed by atoms with E-state index in [0.717, 1.165) is 30.3 Å². The van der Waals surface area contributed by atoms with Gasteiger partial charge in [-0.2, -0.15) is 0 Å². The summed E-state index contributed by atoms with van der Waals surface area (Å²) in [5.74, 6) is 1.67. The fourth-order valence-electron chi connectivity index (χ4n) is 2.43. The van der Waals surface area contributed by atoms with Crippen molar-refractivity contribution in [1.29, 1.82) is 0 Å². The van der Waals surface area contributed by atoms with Crippen LogP contribution in [0, 0.1) is 0 Å². The Morgan fingerprint density at radius 1 is 0.828 bits per heavy atom. The number of ether oxygens (including phenoxy) is 2. The molecule has 0 radical (unpaired) electrons. The minimum Gasteiger partial charge on any atom is -0.494 e. The first-order chi connectivity index (χ1) is 14.1. The zero-order valence-corrected chi connectivity index (χ0v) is 16.6. The molecule has 0 heterocycles. The molecule has 29 heavy (non-hydrogen) atoms. The second-order valence-corrected chi connectivity index (χ2v) is 6.24. The molecule has 0 saturated heterocycles. The third kappa shape index (κ3) is 8.07. The minimum absolute atomic E-state index is 0.0694. The van der Waals surface area contributed by atoms with Gasteiger partial charge in [-0.25, -0.2) is 0 Å². The van der Waals surface area contributed by atoms with Crippen molar-refractivity contribution in [2.75, 3.05) is 13.2 Å². The van der Waals surface area contributed by atoms with Gasteiger partial charge in [-0.15, -0.1) is 0 Å². The summed E-state index contributed by atoms with van der Waals surface area (Å²) >= 11 is 0. The zero-order valence-electron chi connectivity index (χ0n) is 16.6. The van der Waals surface area contributed by atoms with Gasteiger partial charge in [0.1, 0.15) is 17.2 Å². The lowest BCUT2D eigenvalue weighted by molar-refractivity contribution is -0.136. The summed E-state index contributed by atoms with van der Waals surface area (Å²) in [6, 6.07) is 26.2. The Labute approximate surface area is 171 Å². The van der Waals surface area contributed by atoms with E-state index in [-0.39, 0.29) is 13.0 Å². The lowest BCUT2D eigenvalue weighted by atomic mass is 10.1. The summed E-state index contributed by atoms with van der Waals surface area (Å²) in [5.41, 5.74) is 7.24. The molecular formula is C24H27NO4. The average Bonchev–Trinajstić information content (AvgIpc) is 2.75. The normalized spacial score (nSPS) is 9.86. The van der Waals surface area contributed by atoms with Crippen LogP contribution in [0.4, 0.5) is 0 Å². The summed E-state index contributed by atoms with van der Waals surface area (Å²) in [6.45, 7) is 3.06. The molecule has 0 fully saturated rings. The molecule has 0 aliphatic carbocycles. The van der Waals surface area contributed by atoms with Crippen molar-refractivity contribution in [2.24, 2.45) is 5.73 Å². The van der Waals surface area contributed by atoms with Crippen molar-refractivity contribution in [1.82, 2.24) is 0 Å². The molecule has 3 N–H and O–H groups in total. The van der Waals surface area contributed by atoms with E-state index < -0.39 is 5.97 Å². The third-order valence-corrected chi connectivity index (χ3v) is 3.85. The van der Waals surface area contributed by atoms with E-state index in [9.17, 15) is 4.79 Å². The van der Waals surface area contributed by atoms with Gasteiger partial charge in [-0.3, -0.25) is 4.79 Å². The van der Waals surface area contributed by atoms with Crippen LogP contribution in [0.15, 0.2) is 78.9 Å². The highest BCUT2D eigenvalue weighted by Crippen LogP contribution is 2.27. The van der Waals surface area contributed by atoms with Crippen LogP contribution < -0.4 is 15.2 Å². The van der Waals surface area contributed by atoms with Crippen molar-refractivity contribution >= 4 is 5.97 Å². The molecule has 0 aliphatic rings. The molecule has 0 unspecified atom stereocenters. The van der Waals surface area contributed by atoms with E-state index in [4.69, 9.17) is 20.3 Å². The Kier molecular flexibility index (Phi) is 9.25. The van der Waals surface area contributed by atoms with Crippen LogP contribution in [0.5, 0.6) is 17.2 Å². The van der Waals surface area contributed by atoms with E-state index in [2.05, 4.69) is 31.2 Å². The standard InChI is InChI=1S/C21H20O2.C3H7NO2/c1-2-16-22-19-12-14-21(15-13-19)23-20-10-8-18(9-11-20)17-6-4-3-5-7-17;4-2-1-3(5)6/h3-15H,2,16H2,1H3;1-2,4H2,(H,5,6). The van der Waals surface area contributed by atoms with Crippen molar-refractivity contribution in [3.05, 3.63) is 78.9 Å². The van der Waals surface area contributed by atoms with Gasteiger partial charge in [0.15, 0.2) is 0 Å². The molecule has 3 rings (SSSR count). The van der Waals surface area contributed by atoms with Crippen LogP contribution in [-0.2, 0) is 4.79 Å². The Bertz CT molecular complexity index is 846. The van der Waals surface area contributed by atoms with E-state index in [0.29, 0.717) is 0 Å². The van der Waals surface area contributed by atoms with Gasteiger partial charge in [0, 0.05) is 6.54 Å². The number of aliphatic carboxylic acids is 1. The summed E-state index contributed by atoms with van der Waals surface area (Å²) in [4.78, 5) is 9.52. The molecular weight excluding hydrogens is 366 g/mol. The van der Waals surface area contributed by atoms with E-state index in [1.54, 1.807) is 0 Å². The SMILES string of the molecule is CCCOc1ccc(Oc2ccc(-c3ccccc3)cc2)cc1.NCCC(=O)O. The maximum Gasteiger partial charge on any atom is 0.304 e. The number of carboxylic acids is 1. The molecule has 5 heteroatoms. The van der Waals surface area contributed by atoms with E-state index in [1.165, 1.54) is 11.1 Å². The van der Waals surface area contributed by atoms with Crippen LogP contribution in [0.2, 0.25) is 0 Å². The minimum atomic E-state index is -0.836. The van der Waals surface area contributed by atoms with Crippen molar-refractivity contribution in [3.8, 4) is 28.4 Å². The topological polar surface area (TPSA) is 81.8 Å². The van der Waals surface area contributed by atoms with Gasteiger partial charge >= 0.3 is 5.97 Å². The first-order valence-corrected chi connectivity index (χ1v) is 9.60. The number of carbonyl (C=O) groups is 1. The number of hydrogen-bond acceptors (Lipinski definition) is 4. The number of nitrogens with two attached hydrogens (primary N) is 1. The highest BCUT2D eigenvalue weighted by atomic mass is 16.5. The molecule has 0 aromatic heterocycles. The van der Waals surface area contributed by atoms with Gasteiger partial charge in [0.2, 0.25) is 0 Å². The molecule has 0 amide bonds. The Morgan fingerprint density at radius 2 is 1.34 bits per heavy atom. The molecule has 0 saturated carbocycles. The van der Waals surface area contributed by atoms with Gasteiger partial charge in [0.05, 0.1) is 13.0 Å². The van der Waals surface area contributed by atoms with Gasteiger partial charge in [-0.1, -0.05) is 49.4 Å². The lowest BCUT2D eigenvalue weighted by Crippen LogP contribution is -2.05. The first kappa shape index (κ1) is 22.0. The number of benzene rings is 3. The number of carboxylic acid groups (broad SMARTS) is 1.